The van der Waals surface area contributed by atoms with Gasteiger partial charge in [-0.2, -0.15) is 0 Å². The Bertz CT molecular complexity index is 1570. The molecule has 0 aromatic heterocycles. The molecule has 1 aliphatic heterocycles. The summed E-state index contributed by atoms with van der Waals surface area (Å²) >= 11 is 0. The van der Waals surface area contributed by atoms with E-state index in [2.05, 4.69) is 15.4 Å². The van der Waals surface area contributed by atoms with Crippen molar-refractivity contribution in [2.45, 2.75) is 114 Å². The Labute approximate surface area is 265 Å². The van der Waals surface area contributed by atoms with Gasteiger partial charge in [-0.3, -0.25) is 14.3 Å². The Kier molecular flexibility index (Phi) is 9.09. The highest BCUT2D eigenvalue weighted by Crippen LogP contribution is 2.46. The van der Waals surface area contributed by atoms with Crippen molar-refractivity contribution in [3.63, 3.8) is 0 Å². The van der Waals surface area contributed by atoms with Crippen molar-refractivity contribution < 1.29 is 31.5 Å². The topological polar surface area (TPSA) is 114 Å². The summed E-state index contributed by atoms with van der Waals surface area (Å²) in [7, 11) is -3.78. The second-order valence-electron chi connectivity index (χ2n) is 14.1. The number of halogens is 2. The summed E-state index contributed by atoms with van der Waals surface area (Å²) in [6, 6.07) is 9.99. The molecule has 2 aromatic rings. The molecule has 3 atom stereocenters. The smallest absolute Gasteiger partial charge is 0.259 e. The largest absolute Gasteiger partial charge is 0.490 e. The monoisotopic (exact) mass is 645 g/mol. The van der Waals surface area contributed by atoms with Crippen LogP contribution in [0.5, 0.6) is 5.75 Å². The lowest BCUT2D eigenvalue weighted by molar-refractivity contribution is -0.132. The maximum atomic E-state index is 15.4. The number of carbonyl (C=O) groups is 2. The van der Waals surface area contributed by atoms with Gasteiger partial charge < -0.3 is 15.4 Å². The molecule has 3 N–H and O–H groups in total. The summed E-state index contributed by atoms with van der Waals surface area (Å²) in [4.78, 5) is 26.1. The maximum absolute atomic E-state index is 15.4. The molecule has 3 fully saturated rings. The van der Waals surface area contributed by atoms with Crippen LogP contribution in [0.3, 0.4) is 0 Å². The molecule has 11 heteroatoms. The molecule has 1 heterocycles. The summed E-state index contributed by atoms with van der Waals surface area (Å²) < 4.78 is 63.8. The van der Waals surface area contributed by atoms with Gasteiger partial charge in [-0.05, 0) is 101 Å². The van der Waals surface area contributed by atoms with Crippen molar-refractivity contribution in [1.82, 2.24) is 15.4 Å². The van der Waals surface area contributed by atoms with E-state index in [1.807, 2.05) is 19.9 Å². The van der Waals surface area contributed by atoms with Crippen LogP contribution in [-0.2, 0) is 25.0 Å². The third-order valence-corrected chi connectivity index (χ3v) is 11.0. The van der Waals surface area contributed by atoms with E-state index >= 15 is 8.78 Å². The van der Waals surface area contributed by atoms with Crippen LogP contribution < -0.4 is 20.1 Å². The number of benzene rings is 2. The van der Waals surface area contributed by atoms with E-state index in [0.29, 0.717) is 47.3 Å². The van der Waals surface area contributed by atoms with Crippen LogP contribution in [-0.4, -0.2) is 55.9 Å². The van der Waals surface area contributed by atoms with E-state index in [4.69, 9.17) is 4.74 Å². The highest BCUT2D eigenvalue weighted by molar-refractivity contribution is 7.90. The summed E-state index contributed by atoms with van der Waals surface area (Å²) in [6.45, 7) is 8.48. The first kappa shape index (κ1) is 33.3. The van der Waals surface area contributed by atoms with Crippen LogP contribution in [0, 0.1) is 5.82 Å². The lowest BCUT2D eigenvalue weighted by atomic mass is 9.76. The Hall–Kier alpha value is -3.05. The van der Waals surface area contributed by atoms with Crippen molar-refractivity contribution in [3.8, 4) is 16.9 Å². The first-order valence-electron chi connectivity index (χ1n) is 15.9. The Morgan fingerprint density at radius 2 is 1.82 bits per heavy atom. The van der Waals surface area contributed by atoms with Crippen LogP contribution in [0.4, 0.5) is 8.78 Å². The molecule has 1 saturated heterocycles. The molecule has 3 aliphatic rings. The van der Waals surface area contributed by atoms with Crippen molar-refractivity contribution in [2.75, 3.05) is 12.3 Å². The van der Waals surface area contributed by atoms with E-state index < -0.39 is 38.5 Å². The number of hydrogen-bond acceptors (Lipinski definition) is 6. The van der Waals surface area contributed by atoms with Gasteiger partial charge in [-0.15, -0.1) is 0 Å². The highest BCUT2D eigenvalue weighted by Gasteiger charge is 2.50. The minimum absolute atomic E-state index is 0.0239. The second kappa shape index (κ2) is 12.3. The summed E-state index contributed by atoms with van der Waals surface area (Å²) in [6.07, 6.45) is 4.34. The van der Waals surface area contributed by atoms with E-state index in [0.717, 1.165) is 19.3 Å². The second-order valence-corrected chi connectivity index (χ2v) is 16.1. The van der Waals surface area contributed by atoms with Gasteiger partial charge in [0.05, 0.1) is 11.2 Å². The Morgan fingerprint density at radius 1 is 1.09 bits per heavy atom. The van der Waals surface area contributed by atoms with Gasteiger partial charge in [0.2, 0.25) is 21.6 Å². The molecular weight excluding hydrogens is 600 g/mol. The zero-order valence-electron chi connectivity index (χ0n) is 26.8. The molecule has 0 bridgehead atoms. The maximum Gasteiger partial charge on any atom is 0.259 e. The number of sulfonamides is 1. The van der Waals surface area contributed by atoms with E-state index in [9.17, 15) is 18.0 Å². The highest BCUT2D eigenvalue weighted by atomic mass is 32.2. The van der Waals surface area contributed by atoms with Gasteiger partial charge in [0.15, 0.2) is 0 Å². The molecule has 2 amide bonds. The first-order valence-corrected chi connectivity index (χ1v) is 17.6. The van der Waals surface area contributed by atoms with Crippen molar-refractivity contribution in [3.05, 3.63) is 53.3 Å². The van der Waals surface area contributed by atoms with Crippen LogP contribution in [0.2, 0.25) is 0 Å². The predicted molar refractivity (Wildman–Crippen MR) is 170 cm³/mol. The van der Waals surface area contributed by atoms with E-state index in [1.54, 1.807) is 38.1 Å². The zero-order chi connectivity index (χ0) is 32.8. The van der Waals surface area contributed by atoms with Gasteiger partial charge >= 0.3 is 0 Å². The average Bonchev–Trinajstić information content (AvgIpc) is 3.51. The number of amides is 2. The number of alkyl halides is 1. The zero-order valence-corrected chi connectivity index (χ0v) is 27.6. The summed E-state index contributed by atoms with van der Waals surface area (Å²) in [5.41, 5.74) is -1.19. The molecule has 8 nitrogen and oxygen atoms in total. The fraction of sp³-hybridized carbons (Fsp3) is 0.588. The van der Waals surface area contributed by atoms with Crippen molar-refractivity contribution in [1.29, 1.82) is 0 Å². The van der Waals surface area contributed by atoms with Gasteiger partial charge in [0.1, 0.15) is 17.7 Å². The standard InChI is InChI=1S/C34H45F2N3O5S/c1-6-45(42,43)39-30(40)33(4,5)22-13-16-28(26(17-22)25-11-8-12-27(35)29(25)21-9-7-10-21)44-24-15-14-23(18-24)38-31(41)34(36)19-32(2,3)37-20-34/h8,11-13,16-17,21,23-24,37H,6-7,9-10,14-15,18-20H2,1-5H3,(H,38,41)(H,39,40)/t23-,24-,34-/m1/s1. The number of rotatable bonds is 10. The van der Waals surface area contributed by atoms with Crippen molar-refractivity contribution >= 4 is 21.8 Å². The molecule has 2 aliphatic carbocycles. The predicted octanol–water partition coefficient (Wildman–Crippen LogP) is 5.40. The quantitative estimate of drug-likeness (QED) is 0.319. The van der Waals surface area contributed by atoms with Gasteiger partial charge in [-0.1, -0.05) is 24.6 Å². The first-order chi connectivity index (χ1) is 21.0. The molecule has 2 aromatic carbocycles. The van der Waals surface area contributed by atoms with Crippen LogP contribution in [0.25, 0.3) is 11.1 Å². The Morgan fingerprint density at radius 3 is 2.44 bits per heavy atom. The van der Waals surface area contributed by atoms with Crippen molar-refractivity contribution in [2.24, 2.45) is 0 Å². The molecule has 0 radical (unpaired) electrons. The lowest BCUT2D eigenvalue weighted by Crippen LogP contribution is -2.48. The number of carbonyl (C=O) groups excluding carboxylic acids is 2. The molecule has 0 spiro atoms. The molecule has 5 rings (SSSR count). The van der Waals surface area contributed by atoms with Gasteiger partial charge in [0, 0.05) is 36.5 Å². The molecular formula is C34H45F2N3O5S. The van der Waals surface area contributed by atoms with Crippen LogP contribution in [0.15, 0.2) is 36.4 Å². The van der Waals surface area contributed by atoms with E-state index in [1.165, 1.54) is 13.0 Å². The molecule has 45 heavy (non-hydrogen) atoms. The number of ether oxygens (including phenoxy) is 1. The normalized spacial score (nSPS) is 25.0. The third kappa shape index (κ3) is 7.04. The summed E-state index contributed by atoms with van der Waals surface area (Å²) in [5.74, 6) is -1.23. The average molecular weight is 646 g/mol. The minimum atomic E-state index is -3.78. The minimum Gasteiger partial charge on any atom is -0.490 e. The SMILES string of the molecule is CCS(=O)(=O)NC(=O)C(C)(C)c1ccc(O[C@@H]2CC[C@@H](NC(=O)[C@]3(F)CNC(C)(C)C3)C2)c(-c2cccc(F)c2C2CCC2)c1. The molecule has 246 valence electrons. The van der Waals surface area contributed by atoms with Gasteiger partial charge in [-0.25, -0.2) is 17.2 Å². The summed E-state index contributed by atoms with van der Waals surface area (Å²) in [5, 5.41) is 5.97. The van der Waals surface area contributed by atoms with Gasteiger partial charge in [0.25, 0.3) is 5.91 Å². The van der Waals surface area contributed by atoms with Crippen LogP contribution in [0.1, 0.15) is 96.6 Å². The lowest BCUT2D eigenvalue weighted by Gasteiger charge is -2.30. The fourth-order valence-corrected chi connectivity index (χ4v) is 7.31. The Balaban J connectivity index is 1.42. The third-order valence-electron chi connectivity index (χ3n) is 9.74. The molecule has 0 unspecified atom stereocenters. The van der Waals surface area contributed by atoms with E-state index in [-0.39, 0.29) is 42.6 Å². The van der Waals surface area contributed by atoms with Crippen LogP contribution >= 0.6 is 0 Å². The number of hydrogen-bond donors (Lipinski definition) is 3. The fourth-order valence-electron chi connectivity index (χ4n) is 6.63. The number of nitrogens with one attached hydrogen (secondary N) is 3. The molecule has 2 saturated carbocycles.